The highest BCUT2D eigenvalue weighted by Crippen LogP contribution is 2.36. The van der Waals surface area contributed by atoms with Gasteiger partial charge in [0.05, 0.1) is 16.9 Å². The first kappa shape index (κ1) is 19.0. The van der Waals surface area contributed by atoms with Crippen LogP contribution in [-0.2, 0) is 6.18 Å². The minimum Gasteiger partial charge on any atom is -0.370 e. The number of carbonyl (C=O) groups is 1. The van der Waals surface area contributed by atoms with Gasteiger partial charge in [-0.3, -0.25) is 9.59 Å². The molecule has 1 aromatic heterocycles. The van der Waals surface area contributed by atoms with Crippen LogP contribution in [0.1, 0.15) is 28.9 Å². The highest BCUT2D eigenvalue weighted by molar-refractivity contribution is 6.06. The van der Waals surface area contributed by atoms with Gasteiger partial charge in [-0.05, 0) is 48.6 Å². The first-order valence-electron chi connectivity index (χ1n) is 9.22. The number of hydrogen-bond donors (Lipinski definition) is 2. The molecule has 1 fully saturated rings. The van der Waals surface area contributed by atoms with E-state index in [1.54, 1.807) is 24.3 Å². The number of H-pyrrole nitrogens is 1. The van der Waals surface area contributed by atoms with Gasteiger partial charge in [-0.25, -0.2) is 0 Å². The molecule has 0 unspecified atom stereocenters. The van der Waals surface area contributed by atoms with Crippen molar-refractivity contribution in [3.63, 3.8) is 0 Å². The van der Waals surface area contributed by atoms with Gasteiger partial charge < -0.3 is 15.2 Å². The molecule has 1 aliphatic heterocycles. The molecule has 0 radical (unpaired) electrons. The van der Waals surface area contributed by atoms with Gasteiger partial charge in [0.15, 0.2) is 0 Å². The van der Waals surface area contributed by atoms with Crippen LogP contribution in [0.4, 0.5) is 24.5 Å². The van der Waals surface area contributed by atoms with E-state index in [1.807, 2.05) is 4.90 Å². The number of hydrogen-bond acceptors (Lipinski definition) is 3. The van der Waals surface area contributed by atoms with Crippen molar-refractivity contribution >= 4 is 28.1 Å². The van der Waals surface area contributed by atoms with Gasteiger partial charge in [-0.15, -0.1) is 0 Å². The average molecular weight is 401 g/mol. The van der Waals surface area contributed by atoms with Crippen molar-refractivity contribution in [3.05, 3.63) is 70.1 Å². The first-order valence-corrected chi connectivity index (χ1v) is 9.22. The van der Waals surface area contributed by atoms with E-state index < -0.39 is 23.2 Å². The fraction of sp³-hybridized carbons (Fsp3) is 0.238. The number of halogens is 3. The van der Waals surface area contributed by atoms with Crippen LogP contribution in [0, 0.1) is 0 Å². The average Bonchev–Trinajstić information content (AvgIpc) is 3.22. The van der Waals surface area contributed by atoms with E-state index in [1.165, 1.54) is 12.1 Å². The number of aromatic nitrogens is 1. The predicted molar refractivity (Wildman–Crippen MR) is 105 cm³/mol. The van der Waals surface area contributed by atoms with Crippen LogP contribution in [-0.4, -0.2) is 24.0 Å². The number of fused-ring (bicyclic) bond motifs is 1. The van der Waals surface area contributed by atoms with E-state index in [4.69, 9.17) is 0 Å². The van der Waals surface area contributed by atoms with Crippen molar-refractivity contribution in [2.24, 2.45) is 0 Å². The van der Waals surface area contributed by atoms with E-state index in [0.29, 0.717) is 29.5 Å². The number of carbonyl (C=O) groups excluding carboxylic acids is 1. The van der Waals surface area contributed by atoms with Gasteiger partial charge in [-0.1, -0.05) is 18.2 Å². The summed E-state index contributed by atoms with van der Waals surface area (Å²) in [5.74, 6) is -0.673. The molecule has 2 aromatic carbocycles. The fourth-order valence-electron chi connectivity index (χ4n) is 3.57. The molecule has 4 rings (SSSR count). The molecule has 1 amide bonds. The third kappa shape index (κ3) is 3.83. The molecule has 0 atom stereocenters. The van der Waals surface area contributed by atoms with Crippen LogP contribution >= 0.6 is 0 Å². The molecule has 2 heterocycles. The molecule has 1 saturated heterocycles. The highest BCUT2D eigenvalue weighted by atomic mass is 19.4. The van der Waals surface area contributed by atoms with Crippen molar-refractivity contribution in [2.45, 2.75) is 19.0 Å². The molecule has 0 saturated carbocycles. The third-order valence-electron chi connectivity index (χ3n) is 5.02. The van der Waals surface area contributed by atoms with Crippen molar-refractivity contribution in [1.82, 2.24) is 4.98 Å². The zero-order chi connectivity index (χ0) is 20.6. The summed E-state index contributed by atoms with van der Waals surface area (Å²) >= 11 is 0. The maximum Gasteiger partial charge on any atom is 0.416 e. The molecule has 0 aliphatic carbocycles. The number of alkyl halides is 3. The van der Waals surface area contributed by atoms with E-state index in [0.717, 1.165) is 25.0 Å². The Labute approximate surface area is 164 Å². The Bertz CT molecular complexity index is 1130. The highest BCUT2D eigenvalue weighted by Gasteiger charge is 2.32. The lowest BCUT2D eigenvalue weighted by molar-refractivity contribution is -0.137. The molecule has 0 bridgehead atoms. The van der Waals surface area contributed by atoms with Gasteiger partial charge >= 0.3 is 6.18 Å². The number of amides is 1. The Morgan fingerprint density at radius 3 is 2.48 bits per heavy atom. The van der Waals surface area contributed by atoms with E-state index in [-0.39, 0.29) is 11.4 Å². The van der Waals surface area contributed by atoms with Crippen LogP contribution in [0.2, 0.25) is 0 Å². The van der Waals surface area contributed by atoms with E-state index in [2.05, 4.69) is 10.3 Å². The molecule has 5 nitrogen and oxygen atoms in total. The number of benzene rings is 2. The lowest BCUT2D eigenvalue weighted by atomic mass is 10.1. The van der Waals surface area contributed by atoms with Crippen LogP contribution < -0.4 is 15.8 Å². The van der Waals surface area contributed by atoms with Crippen LogP contribution in [0.15, 0.2) is 53.3 Å². The lowest BCUT2D eigenvalue weighted by Crippen LogP contribution is -2.23. The molecule has 2 N–H and O–H groups in total. The number of rotatable bonds is 3. The van der Waals surface area contributed by atoms with Gasteiger partial charge in [0.2, 0.25) is 0 Å². The molecule has 0 spiro atoms. The van der Waals surface area contributed by atoms with Crippen LogP contribution in [0.3, 0.4) is 0 Å². The number of aromatic amines is 1. The number of pyridine rings is 1. The summed E-state index contributed by atoms with van der Waals surface area (Å²) in [6.07, 6.45) is -2.65. The monoisotopic (exact) mass is 401 g/mol. The largest absolute Gasteiger partial charge is 0.416 e. The van der Waals surface area contributed by atoms with Gasteiger partial charge in [-0.2, -0.15) is 13.2 Å². The molecule has 1 aliphatic rings. The minimum absolute atomic E-state index is 0.0153. The van der Waals surface area contributed by atoms with Crippen molar-refractivity contribution in [1.29, 1.82) is 0 Å². The zero-order valence-corrected chi connectivity index (χ0v) is 15.3. The number of anilines is 2. The fourth-order valence-corrected chi connectivity index (χ4v) is 3.57. The molecule has 29 heavy (non-hydrogen) atoms. The quantitative estimate of drug-likeness (QED) is 0.684. The normalized spacial score (nSPS) is 14.4. The summed E-state index contributed by atoms with van der Waals surface area (Å²) in [6.45, 7) is 1.42. The maximum absolute atomic E-state index is 13.2. The number of nitrogens with zero attached hydrogens (tertiary/aromatic N) is 1. The summed E-state index contributed by atoms with van der Waals surface area (Å²) in [7, 11) is 0. The lowest BCUT2D eigenvalue weighted by Gasteiger charge is -2.23. The molecule has 8 heteroatoms. The van der Waals surface area contributed by atoms with Gasteiger partial charge in [0.1, 0.15) is 5.69 Å². The second kappa shape index (κ2) is 7.27. The van der Waals surface area contributed by atoms with Crippen LogP contribution in [0.25, 0.3) is 10.8 Å². The second-order valence-electron chi connectivity index (χ2n) is 6.98. The van der Waals surface area contributed by atoms with Gasteiger partial charge in [0.25, 0.3) is 11.5 Å². The maximum atomic E-state index is 13.2. The van der Waals surface area contributed by atoms with Gasteiger partial charge in [0, 0.05) is 18.5 Å². The number of nitrogens with one attached hydrogen (secondary N) is 2. The smallest absolute Gasteiger partial charge is 0.370 e. The summed E-state index contributed by atoms with van der Waals surface area (Å²) < 4.78 is 39.6. The summed E-state index contributed by atoms with van der Waals surface area (Å²) in [4.78, 5) is 29.4. The molecule has 3 aromatic rings. The van der Waals surface area contributed by atoms with E-state index >= 15 is 0 Å². The molecular formula is C21H18F3N3O2. The Morgan fingerprint density at radius 1 is 1.03 bits per heavy atom. The molecular weight excluding hydrogens is 383 g/mol. The third-order valence-corrected chi connectivity index (χ3v) is 5.02. The first-order chi connectivity index (χ1) is 13.8. The second-order valence-corrected chi connectivity index (χ2v) is 6.98. The zero-order valence-electron chi connectivity index (χ0n) is 15.3. The Morgan fingerprint density at radius 2 is 1.76 bits per heavy atom. The molecule has 150 valence electrons. The Kier molecular flexibility index (Phi) is 4.77. The predicted octanol–water partition coefficient (Wildman–Crippen LogP) is 4.40. The van der Waals surface area contributed by atoms with E-state index in [9.17, 15) is 22.8 Å². The van der Waals surface area contributed by atoms with Crippen LogP contribution in [0.5, 0.6) is 0 Å². The van der Waals surface area contributed by atoms with Crippen molar-refractivity contribution in [2.75, 3.05) is 23.3 Å². The standard InChI is InChI=1S/C21H18F3N3O2/c22-21(23,24)14-7-8-18(27-9-3-4-10-27)16(12-14)25-20(29)17-11-13-5-1-2-6-15(13)19(28)26-17/h1-2,5-8,11-12H,3-4,9-10H2,(H,25,29)(H,26,28). The van der Waals surface area contributed by atoms with Crippen molar-refractivity contribution < 1.29 is 18.0 Å². The minimum atomic E-state index is -4.53. The summed E-state index contributed by atoms with van der Waals surface area (Å²) in [5, 5.41) is 3.56. The summed E-state index contributed by atoms with van der Waals surface area (Å²) in [5.41, 5.74) is -0.689. The Hall–Kier alpha value is -3.29. The Balaban J connectivity index is 1.72. The summed E-state index contributed by atoms with van der Waals surface area (Å²) in [6, 6.07) is 11.6. The SMILES string of the molecule is O=C(Nc1cc(C(F)(F)F)ccc1N1CCCC1)c1cc2ccccc2c(=O)[nH]1. The topological polar surface area (TPSA) is 65.2 Å². The van der Waals surface area contributed by atoms with Crippen molar-refractivity contribution in [3.8, 4) is 0 Å².